The van der Waals surface area contributed by atoms with Crippen molar-refractivity contribution in [3.05, 3.63) is 11.4 Å². The van der Waals surface area contributed by atoms with E-state index in [9.17, 15) is 9.18 Å². The van der Waals surface area contributed by atoms with Gasteiger partial charge in [0.25, 0.3) is 5.91 Å². The van der Waals surface area contributed by atoms with Crippen molar-refractivity contribution in [2.75, 3.05) is 13.1 Å². The molecular weight excluding hydrogens is 219 g/mol. The van der Waals surface area contributed by atoms with Crippen molar-refractivity contribution in [1.82, 2.24) is 10.6 Å². The third kappa shape index (κ3) is 4.62. The molecule has 5 heteroatoms. The number of rotatable bonds is 2. The van der Waals surface area contributed by atoms with E-state index in [1.54, 1.807) is 13.8 Å². The molecule has 0 aromatic rings. The van der Waals surface area contributed by atoms with E-state index >= 15 is 0 Å². The summed E-state index contributed by atoms with van der Waals surface area (Å²) >= 11 is 0. The van der Waals surface area contributed by atoms with Crippen molar-refractivity contribution in [3.8, 4) is 0 Å². The van der Waals surface area contributed by atoms with E-state index in [2.05, 4.69) is 10.6 Å². The van der Waals surface area contributed by atoms with Gasteiger partial charge in [0.05, 0.1) is 0 Å². The molecule has 0 aromatic carbocycles. The van der Waals surface area contributed by atoms with Gasteiger partial charge in [-0.05, 0) is 45.4 Å². The van der Waals surface area contributed by atoms with Crippen LogP contribution in [-0.4, -0.2) is 25.0 Å². The Morgan fingerprint density at radius 1 is 1.33 bits per heavy atom. The van der Waals surface area contributed by atoms with Crippen LogP contribution in [0.5, 0.6) is 0 Å². The van der Waals surface area contributed by atoms with E-state index in [1.807, 2.05) is 0 Å². The van der Waals surface area contributed by atoms with Crippen LogP contribution < -0.4 is 10.6 Å². The summed E-state index contributed by atoms with van der Waals surface area (Å²) in [5.74, 6) is -1.22. The Kier molecular flexibility index (Phi) is 6.52. The predicted molar refractivity (Wildman–Crippen MR) is 60.8 cm³/mol. The lowest BCUT2D eigenvalue weighted by Gasteiger charge is -2.23. The number of piperidine rings is 1. The standard InChI is InChI=1S/C10H17FN2O.ClH/c1-7(2)9(11)10(14)13-8-3-5-12-6-4-8;/h8,12H,3-6H2,1-2H3,(H,13,14);1H. The smallest absolute Gasteiger partial charge is 0.280 e. The average molecular weight is 237 g/mol. The molecule has 0 aromatic heterocycles. The molecule has 1 aliphatic rings. The van der Waals surface area contributed by atoms with E-state index in [0.29, 0.717) is 5.57 Å². The number of allylic oxidation sites excluding steroid dienone is 1. The molecule has 0 atom stereocenters. The molecule has 0 radical (unpaired) electrons. The molecule has 1 amide bonds. The van der Waals surface area contributed by atoms with Crippen LogP contribution >= 0.6 is 12.4 Å². The van der Waals surface area contributed by atoms with Gasteiger partial charge in [0, 0.05) is 6.04 Å². The topological polar surface area (TPSA) is 41.1 Å². The third-order valence-corrected chi connectivity index (χ3v) is 2.31. The summed E-state index contributed by atoms with van der Waals surface area (Å²) in [6, 6.07) is 0.119. The van der Waals surface area contributed by atoms with E-state index in [0.717, 1.165) is 25.9 Å². The van der Waals surface area contributed by atoms with Crippen LogP contribution in [0.4, 0.5) is 4.39 Å². The maximum Gasteiger partial charge on any atom is 0.280 e. The minimum atomic E-state index is -0.650. The molecule has 0 spiro atoms. The molecule has 1 saturated heterocycles. The van der Waals surface area contributed by atoms with Gasteiger partial charge in [-0.2, -0.15) is 0 Å². The monoisotopic (exact) mass is 236 g/mol. The first-order chi connectivity index (χ1) is 6.61. The van der Waals surface area contributed by atoms with Gasteiger partial charge >= 0.3 is 0 Å². The first-order valence-corrected chi connectivity index (χ1v) is 4.96. The fourth-order valence-electron chi connectivity index (χ4n) is 1.44. The lowest BCUT2D eigenvalue weighted by atomic mass is 10.1. The first kappa shape index (κ1) is 14.4. The Bertz CT molecular complexity index is 246. The highest BCUT2D eigenvalue weighted by Gasteiger charge is 2.18. The van der Waals surface area contributed by atoms with Crippen molar-refractivity contribution < 1.29 is 9.18 Å². The van der Waals surface area contributed by atoms with Crippen LogP contribution in [0.2, 0.25) is 0 Å². The Balaban J connectivity index is 0.00000196. The summed E-state index contributed by atoms with van der Waals surface area (Å²) in [4.78, 5) is 11.3. The molecule has 1 fully saturated rings. The second kappa shape index (κ2) is 6.80. The molecule has 1 aliphatic heterocycles. The highest BCUT2D eigenvalue weighted by atomic mass is 35.5. The van der Waals surface area contributed by atoms with Gasteiger partial charge in [-0.15, -0.1) is 12.4 Å². The summed E-state index contributed by atoms with van der Waals surface area (Å²) in [6.45, 7) is 4.97. The quantitative estimate of drug-likeness (QED) is 0.715. The molecule has 0 bridgehead atoms. The molecule has 1 rings (SSSR count). The number of halogens is 2. The van der Waals surface area contributed by atoms with Gasteiger partial charge in [0.1, 0.15) is 0 Å². The zero-order chi connectivity index (χ0) is 10.6. The molecule has 1 heterocycles. The van der Waals surface area contributed by atoms with E-state index in [1.165, 1.54) is 0 Å². The van der Waals surface area contributed by atoms with Crippen molar-refractivity contribution in [2.24, 2.45) is 0 Å². The fraction of sp³-hybridized carbons (Fsp3) is 0.700. The lowest BCUT2D eigenvalue weighted by molar-refractivity contribution is -0.119. The van der Waals surface area contributed by atoms with Crippen LogP contribution in [-0.2, 0) is 4.79 Å². The van der Waals surface area contributed by atoms with E-state index in [4.69, 9.17) is 0 Å². The van der Waals surface area contributed by atoms with Crippen molar-refractivity contribution in [2.45, 2.75) is 32.7 Å². The number of hydrogen-bond donors (Lipinski definition) is 2. The first-order valence-electron chi connectivity index (χ1n) is 4.96. The zero-order valence-corrected chi connectivity index (χ0v) is 9.92. The zero-order valence-electron chi connectivity index (χ0n) is 9.10. The number of carbonyl (C=O) groups excluding carboxylic acids is 1. The lowest BCUT2D eigenvalue weighted by Crippen LogP contribution is -2.42. The number of carbonyl (C=O) groups is 1. The summed E-state index contributed by atoms with van der Waals surface area (Å²) in [6.07, 6.45) is 1.75. The second-order valence-corrected chi connectivity index (χ2v) is 3.81. The van der Waals surface area contributed by atoms with Gasteiger partial charge in [-0.3, -0.25) is 4.79 Å². The number of nitrogens with one attached hydrogen (secondary N) is 2. The minimum absolute atomic E-state index is 0. The Hall–Kier alpha value is -0.610. The van der Waals surface area contributed by atoms with Gasteiger partial charge < -0.3 is 10.6 Å². The number of amides is 1. The van der Waals surface area contributed by atoms with Crippen molar-refractivity contribution in [3.63, 3.8) is 0 Å². The average Bonchev–Trinajstić information content (AvgIpc) is 2.18. The van der Waals surface area contributed by atoms with Crippen LogP contribution in [0.1, 0.15) is 26.7 Å². The minimum Gasteiger partial charge on any atom is -0.347 e. The van der Waals surface area contributed by atoms with Gasteiger partial charge in [0.2, 0.25) is 0 Å². The Morgan fingerprint density at radius 2 is 1.87 bits per heavy atom. The molecule has 2 N–H and O–H groups in total. The molecule has 3 nitrogen and oxygen atoms in total. The molecule has 0 saturated carbocycles. The SMILES string of the molecule is CC(C)=C(F)C(=O)NC1CCNCC1.Cl. The summed E-state index contributed by atoms with van der Waals surface area (Å²) in [5.41, 5.74) is 0.427. The largest absolute Gasteiger partial charge is 0.347 e. The molecule has 0 aliphatic carbocycles. The van der Waals surface area contributed by atoms with E-state index in [-0.39, 0.29) is 18.4 Å². The van der Waals surface area contributed by atoms with Crippen LogP contribution in [0, 0.1) is 0 Å². The highest BCUT2D eigenvalue weighted by molar-refractivity contribution is 5.91. The summed E-state index contributed by atoms with van der Waals surface area (Å²) in [7, 11) is 0. The maximum atomic E-state index is 13.1. The second-order valence-electron chi connectivity index (χ2n) is 3.81. The summed E-state index contributed by atoms with van der Waals surface area (Å²) < 4.78 is 13.1. The molecule has 15 heavy (non-hydrogen) atoms. The van der Waals surface area contributed by atoms with Gasteiger partial charge in [-0.25, -0.2) is 4.39 Å². The van der Waals surface area contributed by atoms with Crippen LogP contribution in [0.15, 0.2) is 11.4 Å². The van der Waals surface area contributed by atoms with Crippen LogP contribution in [0.3, 0.4) is 0 Å². The van der Waals surface area contributed by atoms with E-state index < -0.39 is 11.7 Å². The van der Waals surface area contributed by atoms with Crippen molar-refractivity contribution in [1.29, 1.82) is 0 Å². The summed E-state index contributed by atoms with van der Waals surface area (Å²) in [5, 5.41) is 5.87. The van der Waals surface area contributed by atoms with Gasteiger partial charge in [-0.1, -0.05) is 0 Å². The highest BCUT2D eigenvalue weighted by Crippen LogP contribution is 2.07. The molecule has 0 unspecified atom stereocenters. The van der Waals surface area contributed by atoms with Gasteiger partial charge in [0.15, 0.2) is 5.83 Å². The predicted octanol–water partition coefficient (Wildman–Crippen LogP) is 1.54. The Morgan fingerprint density at radius 3 is 2.33 bits per heavy atom. The molecular formula is C10H18ClFN2O. The number of hydrogen-bond acceptors (Lipinski definition) is 2. The maximum absolute atomic E-state index is 13.1. The Labute approximate surface area is 95.9 Å². The third-order valence-electron chi connectivity index (χ3n) is 2.31. The van der Waals surface area contributed by atoms with Crippen LogP contribution in [0.25, 0.3) is 0 Å². The molecule has 88 valence electrons. The van der Waals surface area contributed by atoms with Crippen molar-refractivity contribution >= 4 is 18.3 Å². The fourth-order valence-corrected chi connectivity index (χ4v) is 1.44. The normalized spacial score (nSPS) is 16.5.